The van der Waals surface area contributed by atoms with Crippen LogP contribution in [0.1, 0.15) is 19.4 Å². The Kier molecular flexibility index (Phi) is 4.62. The van der Waals surface area contributed by atoms with Crippen LogP contribution in [0.15, 0.2) is 18.2 Å². The molecule has 0 spiro atoms. The molecule has 1 aromatic rings. The molecule has 0 saturated carbocycles. The number of halogens is 1. The van der Waals surface area contributed by atoms with Gasteiger partial charge in [-0.1, -0.05) is 17.7 Å². The molecule has 1 rings (SSSR count). The van der Waals surface area contributed by atoms with Crippen molar-refractivity contribution in [3.63, 3.8) is 0 Å². The van der Waals surface area contributed by atoms with E-state index < -0.39 is 0 Å². The Labute approximate surface area is 101 Å². The summed E-state index contributed by atoms with van der Waals surface area (Å²) in [6.45, 7) is 6.30. The molecular formula is C12H17ClN2O. The van der Waals surface area contributed by atoms with Crippen molar-refractivity contribution in [1.29, 1.82) is 0 Å². The first-order valence-corrected chi connectivity index (χ1v) is 5.72. The lowest BCUT2D eigenvalue weighted by Crippen LogP contribution is -2.37. The normalized spacial score (nSPS) is 12.0. The van der Waals surface area contributed by atoms with Crippen molar-refractivity contribution in [2.45, 2.75) is 26.8 Å². The van der Waals surface area contributed by atoms with Gasteiger partial charge in [-0.25, -0.2) is 0 Å². The second kappa shape index (κ2) is 5.75. The zero-order valence-corrected chi connectivity index (χ0v) is 10.6. The highest BCUT2D eigenvalue weighted by Gasteiger charge is 2.11. The molecule has 0 bridgehead atoms. The van der Waals surface area contributed by atoms with Gasteiger partial charge in [-0.15, -0.1) is 0 Å². The Hall–Kier alpha value is -1.22. The van der Waals surface area contributed by atoms with E-state index in [1.54, 1.807) is 0 Å². The Morgan fingerprint density at radius 2 is 2.19 bits per heavy atom. The van der Waals surface area contributed by atoms with Crippen molar-refractivity contribution < 1.29 is 4.79 Å². The largest absolute Gasteiger partial charge is 0.374 e. The van der Waals surface area contributed by atoms with Crippen molar-refractivity contribution >= 4 is 23.2 Å². The van der Waals surface area contributed by atoms with Crippen molar-refractivity contribution in [2.75, 3.05) is 11.9 Å². The number of amides is 1. The van der Waals surface area contributed by atoms with E-state index >= 15 is 0 Å². The molecular weight excluding hydrogens is 224 g/mol. The van der Waals surface area contributed by atoms with Gasteiger partial charge >= 0.3 is 0 Å². The van der Waals surface area contributed by atoms with Crippen molar-refractivity contribution in [1.82, 2.24) is 5.32 Å². The Balaban J connectivity index is 2.66. The van der Waals surface area contributed by atoms with Crippen LogP contribution in [0.5, 0.6) is 0 Å². The smallest absolute Gasteiger partial charge is 0.242 e. The maximum absolute atomic E-state index is 11.5. The molecule has 0 aliphatic carbocycles. The third-order valence-electron chi connectivity index (χ3n) is 2.30. The number of hydrogen-bond acceptors (Lipinski definition) is 2. The van der Waals surface area contributed by atoms with Gasteiger partial charge in [0.1, 0.15) is 6.04 Å². The minimum atomic E-state index is -0.265. The molecule has 88 valence electrons. The van der Waals surface area contributed by atoms with E-state index in [0.717, 1.165) is 11.3 Å². The van der Waals surface area contributed by atoms with Crippen LogP contribution in [0.2, 0.25) is 5.02 Å². The minimum Gasteiger partial charge on any atom is -0.374 e. The van der Waals surface area contributed by atoms with Crippen LogP contribution in [0.3, 0.4) is 0 Å². The van der Waals surface area contributed by atoms with Crippen LogP contribution in [-0.4, -0.2) is 18.5 Å². The van der Waals surface area contributed by atoms with Crippen LogP contribution in [0, 0.1) is 6.92 Å². The number of hydrogen-bond donors (Lipinski definition) is 2. The van der Waals surface area contributed by atoms with Crippen molar-refractivity contribution in [2.24, 2.45) is 0 Å². The van der Waals surface area contributed by atoms with Gasteiger partial charge in [-0.05, 0) is 38.5 Å². The summed E-state index contributed by atoms with van der Waals surface area (Å²) in [7, 11) is 0. The van der Waals surface area contributed by atoms with Crippen LogP contribution >= 0.6 is 11.6 Å². The fourth-order valence-corrected chi connectivity index (χ4v) is 1.51. The van der Waals surface area contributed by atoms with Gasteiger partial charge in [0.05, 0.1) is 0 Å². The van der Waals surface area contributed by atoms with E-state index in [-0.39, 0.29) is 11.9 Å². The topological polar surface area (TPSA) is 41.1 Å². The molecule has 0 aliphatic heterocycles. The van der Waals surface area contributed by atoms with Crippen LogP contribution in [0.25, 0.3) is 0 Å². The quantitative estimate of drug-likeness (QED) is 0.850. The van der Waals surface area contributed by atoms with Crippen LogP contribution in [0.4, 0.5) is 5.69 Å². The summed E-state index contributed by atoms with van der Waals surface area (Å²) in [4.78, 5) is 11.5. The van der Waals surface area contributed by atoms with Crippen LogP contribution in [-0.2, 0) is 4.79 Å². The van der Waals surface area contributed by atoms with E-state index in [0.29, 0.717) is 11.6 Å². The third-order valence-corrected chi connectivity index (χ3v) is 2.71. The second-order valence-corrected chi connectivity index (χ2v) is 4.13. The summed E-state index contributed by atoms with van der Waals surface area (Å²) in [6.07, 6.45) is 0. The minimum absolute atomic E-state index is 0.0146. The first-order chi connectivity index (χ1) is 7.54. The maximum Gasteiger partial charge on any atom is 0.242 e. The highest BCUT2D eigenvalue weighted by atomic mass is 35.5. The molecule has 0 saturated heterocycles. The van der Waals surface area contributed by atoms with E-state index in [2.05, 4.69) is 10.6 Å². The third kappa shape index (κ3) is 3.42. The Morgan fingerprint density at radius 1 is 1.50 bits per heavy atom. The van der Waals surface area contributed by atoms with Gasteiger partial charge in [0, 0.05) is 17.3 Å². The van der Waals surface area contributed by atoms with E-state index in [4.69, 9.17) is 11.6 Å². The van der Waals surface area contributed by atoms with Gasteiger partial charge in [-0.2, -0.15) is 0 Å². The lowest BCUT2D eigenvalue weighted by atomic mass is 10.2. The molecule has 0 aromatic heterocycles. The first-order valence-electron chi connectivity index (χ1n) is 5.35. The molecule has 0 fully saturated rings. The van der Waals surface area contributed by atoms with Gasteiger partial charge in [0.25, 0.3) is 0 Å². The lowest BCUT2D eigenvalue weighted by molar-refractivity contribution is -0.121. The Morgan fingerprint density at radius 3 is 2.75 bits per heavy atom. The average Bonchev–Trinajstić information content (AvgIpc) is 2.24. The summed E-state index contributed by atoms with van der Waals surface area (Å²) in [5.41, 5.74) is 1.88. The van der Waals surface area contributed by atoms with Gasteiger partial charge < -0.3 is 10.6 Å². The maximum atomic E-state index is 11.5. The Bertz CT molecular complexity index is 379. The highest BCUT2D eigenvalue weighted by molar-refractivity contribution is 6.31. The number of aryl methyl sites for hydroxylation is 1. The average molecular weight is 241 g/mol. The molecule has 16 heavy (non-hydrogen) atoms. The molecule has 0 radical (unpaired) electrons. The predicted molar refractivity (Wildman–Crippen MR) is 68.0 cm³/mol. The molecule has 1 amide bonds. The molecule has 3 nitrogen and oxygen atoms in total. The fraction of sp³-hybridized carbons (Fsp3) is 0.417. The van der Waals surface area contributed by atoms with E-state index in [1.807, 2.05) is 39.0 Å². The molecule has 1 aromatic carbocycles. The molecule has 1 atom stereocenters. The number of carbonyl (C=O) groups excluding carboxylic acids is 1. The summed E-state index contributed by atoms with van der Waals surface area (Å²) in [5, 5.41) is 6.56. The highest BCUT2D eigenvalue weighted by Crippen LogP contribution is 2.20. The molecule has 0 heterocycles. The van der Waals surface area contributed by atoms with Crippen molar-refractivity contribution in [3.05, 3.63) is 28.8 Å². The van der Waals surface area contributed by atoms with Gasteiger partial charge in [0.15, 0.2) is 0 Å². The first kappa shape index (κ1) is 12.8. The SMILES string of the molecule is CCNC(=O)C(C)Nc1ccc(C)c(Cl)c1. The zero-order valence-electron chi connectivity index (χ0n) is 9.80. The fourth-order valence-electron chi connectivity index (χ4n) is 1.33. The summed E-state index contributed by atoms with van der Waals surface area (Å²) in [6, 6.07) is 5.40. The van der Waals surface area contributed by atoms with Crippen molar-refractivity contribution in [3.8, 4) is 0 Å². The molecule has 0 aliphatic rings. The number of benzene rings is 1. The van der Waals surface area contributed by atoms with E-state index in [9.17, 15) is 4.79 Å². The summed E-state index contributed by atoms with van der Waals surface area (Å²) < 4.78 is 0. The van der Waals surface area contributed by atoms with Crippen LogP contribution < -0.4 is 10.6 Å². The molecule has 4 heteroatoms. The lowest BCUT2D eigenvalue weighted by Gasteiger charge is -2.15. The summed E-state index contributed by atoms with van der Waals surface area (Å²) >= 11 is 6.00. The number of nitrogens with one attached hydrogen (secondary N) is 2. The molecule has 1 unspecified atom stereocenters. The van der Waals surface area contributed by atoms with Gasteiger partial charge in [0.2, 0.25) is 5.91 Å². The second-order valence-electron chi connectivity index (χ2n) is 3.72. The number of anilines is 1. The standard InChI is InChI=1S/C12H17ClN2O/c1-4-14-12(16)9(3)15-10-6-5-8(2)11(13)7-10/h5-7,9,15H,4H2,1-3H3,(H,14,16). The van der Waals surface area contributed by atoms with E-state index in [1.165, 1.54) is 0 Å². The number of carbonyl (C=O) groups is 1. The summed E-state index contributed by atoms with van der Waals surface area (Å²) in [5.74, 6) is -0.0146. The van der Waals surface area contributed by atoms with Gasteiger partial charge in [-0.3, -0.25) is 4.79 Å². The number of rotatable bonds is 4. The predicted octanol–water partition coefficient (Wildman–Crippen LogP) is 2.58. The monoisotopic (exact) mass is 240 g/mol. The number of likely N-dealkylation sites (N-methyl/N-ethyl adjacent to an activating group) is 1. The zero-order chi connectivity index (χ0) is 12.1. The molecule has 2 N–H and O–H groups in total.